The lowest BCUT2D eigenvalue weighted by Gasteiger charge is -2.17. The highest BCUT2D eigenvalue weighted by Gasteiger charge is 2.12. The molecule has 1 rings (SSSR count). The number of amides is 1. The van der Waals surface area contributed by atoms with Crippen LogP contribution < -0.4 is 5.32 Å². The van der Waals surface area contributed by atoms with Crippen LogP contribution in [0.4, 0.5) is 4.79 Å². The highest BCUT2D eigenvalue weighted by atomic mass is 16.5. The molecule has 1 aromatic carbocycles. The number of alkyl carbamates (subject to hydrolysis) is 1. The van der Waals surface area contributed by atoms with Crippen molar-refractivity contribution in [3.8, 4) is 0 Å². The second-order valence-electron chi connectivity index (χ2n) is 7.68. The lowest BCUT2D eigenvalue weighted by molar-refractivity contribution is 0.135. The van der Waals surface area contributed by atoms with Crippen molar-refractivity contribution in [3.63, 3.8) is 0 Å². The molecule has 1 N–H and O–H groups in total. The summed E-state index contributed by atoms with van der Waals surface area (Å²) in [7, 11) is 0. The summed E-state index contributed by atoms with van der Waals surface area (Å²) in [5.41, 5.74) is 2.30. The van der Waals surface area contributed by atoms with E-state index in [-0.39, 0.29) is 12.1 Å². The van der Waals surface area contributed by atoms with Gasteiger partial charge in [0, 0.05) is 6.04 Å². The van der Waals surface area contributed by atoms with Gasteiger partial charge < -0.3 is 10.1 Å². The van der Waals surface area contributed by atoms with Gasteiger partial charge in [0.15, 0.2) is 0 Å². The topological polar surface area (TPSA) is 38.3 Å². The largest absolute Gasteiger partial charge is 0.445 e. The minimum atomic E-state index is -0.314. The Labute approximate surface area is 166 Å². The Morgan fingerprint density at radius 2 is 1.63 bits per heavy atom. The summed E-state index contributed by atoms with van der Waals surface area (Å²) in [4.78, 5) is 12.2. The molecule has 0 aromatic heterocycles. The number of hydrogen-bond acceptors (Lipinski definition) is 2. The molecule has 1 unspecified atom stereocenters. The van der Waals surface area contributed by atoms with Gasteiger partial charge in [0.1, 0.15) is 6.61 Å². The minimum absolute atomic E-state index is 0.156. The molecule has 0 saturated carbocycles. The van der Waals surface area contributed by atoms with Crippen molar-refractivity contribution in [2.75, 3.05) is 0 Å². The Morgan fingerprint density at radius 1 is 1.00 bits per heavy atom. The first-order valence-electron chi connectivity index (χ1n) is 10.7. The molecule has 0 heterocycles. The second-order valence-corrected chi connectivity index (χ2v) is 7.68. The lowest BCUT2D eigenvalue weighted by Crippen LogP contribution is -2.35. The first-order valence-corrected chi connectivity index (χ1v) is 10.7. The first kappa shape index (κ1) is 23.3. The molecule has 0 aliphatic carbocycles. The van der Waals surface area contributed by atoms with Crippen LogP contribution in [0.25, 0.3) is 0 Å². The maximum Gasteiger partial charge on any atom is 0.407 e. The van der Waals surface area contributed by atoms with E-state index in [2.05, 4.69) is 32.2 Å². The van der Waals surface area contributed by atoms with Gasteiger partial charge in [-0.3, -0.25) is 0 Å². The maximum absolute atomic E-state index is 12.2. The van der Waals surface area contributed by atoms with Gasteiger partial charge in [0.2, 0.25) is 0 Å². The van der Waals surface area contributed by atoms with Crippen LogP contribution in [-0.2, 0) is 11.3 Å². The molecular formula is C24H39NO2. The zero-order valence-corrected chi connectivity index (χ0v) is 17.6. The first-order chi connectivity index (χ1) is 13.1. The fraction of sp³-hybridized carbons (Fsp3) is 0.625. The van der Waals surface area contributed by atoms with Crippen LogP contribution in [0.1, 0.15) is 90.5 Å². The fourth-order valence-corrected chi connectivity index (χ4v) is 3.08. The zero-order chi connectivity index (χ0) is 19.7. The van der Waals surface area contributed by atoms with E-state index in [1.807, 2.05) is 30.3 Å². The van der Waals surface area contributed by atoms with E-state index in [0.29, 0.717) is 6.61 Å². The van der Waals surface area contributed by atoms with E-state index < -0.39 is 0 Å². The molecule has 0 aliphatic heterocycles. The summed E-state index contributed by atoms with van der Waals surface area (Å²) < 4.78 is 5.38. The van der Waals surface area contributed by atoms with Gasteiger partial charge in [0.25, 0.3) is 0 Å². The molecule has 0 saturated heterocycles. The van der Waals surface area contributed by atoms with E-state index in [1.165, 1.54) is 50.5 Å². The number of allylic oxidation sites excluding steroid dienone is 1. The number of unbranched alkanes of at least 4 members (excludes halogenated alkanes) is 7. The number of rotatable bonds is 14. The molecule has 3 nitrogen and oxygen atoms in total. The van der Waals surface area contributed by atoms with Gasteiger partial charge in [0.05, 0.1) is 0 Å². The van der Waals surface area contributed by atoms with Crippen LogP contribution in [-0.4, -0.2) is 12.1 Å². The number of hydrogen-bond donors (Lipinski definition) is 1. The molecule has 27 heavy (non-hydrogen) atoms. The third-order valence-electron chi connectivity index (χ3n) is 4.75. The standard InChI is InChI=1S/C24H39NO2/c1-4-5-6-7-8-9-10-14-17-23(19-18-21(2)3)25-24(26)27-20-22-15-12-11-13-16-22/h11-13,15-16,18,23H,4-10,14,17,19-20H2,1-3H3,(H,25,26). The molecule has 0 bridgehead atoms. The summed E-state index contributed by atoms with van der Waals surface area (Å²) in [5.74, 6) is 0. The highest BCUT2D eigenvalue weighted by Crippen LogP contribution is 2.13. The van der Waals surface area contributed by atoms with Crippen molar-refractivity contribution in [1.82, 2.24) is 5.32 Å². The lowest BCUT2D eigenvalue weighted by atomic mass is 10.0. The van der Waals surface area contributed by atoms with Gasteiger partial charge in [-0.05, 0) is 32.3 Å². The minimum Gasteiger partial charge on any atom is -0.445 e. The van der Waals surface area contributed by atoms with Crippen molar-refractivity contribution in [1.29, 1.82) is 0 Å². The van der Waals surface area contributed by atoms with Gasteiger partial charge in [-0.15, -0.1) is 0 Å². The predicted octanol–water partition coefficient (Wildman–Crippen LogP) is 7.17. The molecule has 0 aliphatic rings. The average molecular weight is 374 g/mol. The summed E-state index contributed by atoms with van der Waals surface area (Å²) in [6.07, 6.45) is 14.2. The Kier molecular flexibility index (Phi) is 13.2. The zero-order valence-electron chi connectivity index (χ0n) is 17.6. The SMILES string of the molecule is CCCCCCCCCCC(CC=C(C)C)NC(=O)OCc1ccccc1. The summed E-state index contributed by atoms with van der Waals surface area (Å²) in [6.45, 7) is 6.77. The molecule has 0 spiro atoms. The van der Waals surface area contributed by atoms with Crippen molar-refractivity contribution < 1.29 is 9.53 Å². The number of ether oxygens (including phenoxy) is 1. The van der Waals surface area contributed by atoms with Crippen LogP contribution in [0, 0.1) is 0 Å². The summed E-state index contributed by atoms with van der Waals surface area (Å²) in [6, 6.07) is 9.96. The van der Waals surface area contributed by atoms with E-state index >= 15 is 0 Å². The third-order valence-corrected chi connectivity index (χ3v) is 4.75. The van der Waals surface area contributed by atoms with E-state index in [0.717, 1.165) is 24.8 Å². The average Bonchev–Trinajstić information content (AvgIpc) is 2.67. The van der Waals surface area contributed by atoms with Gasteiger partial charge >= 0.3 is 6.09 Å². The predicted molar refractivity (Wildman–Crippen MR) is 115 cm³/mol. The summed E-state index contributed by atoms with van der Waals surface area (Å²) >= 11 is 0. The highest BCUT2D eigenvalue weighted by molar-refractivity contribution is 5.67. The van der Waals surface area contributed by atoms with Crippen LogP contribution >= 0.6 is 0 Å². The van der Waals surface area contributed by atoms with E-state index in [1.54, 1.807) is 0 Å². The van der Waals surface area contributed by atoms with Crippen molar-refractivity contribution in [2.24, 2.45) is 0 Å². The summed E-state index contributed by atoms with van der Waals surface area (Å²) in [5, 5.41) is 3.06. The van der Waals surface area contributed by atoms with E-state index in [4.69, 9.17) is 4.74 Å². The smallest absolute Gasteiger partial charge is 0.407 e. The normalized spacial score (nSPS) is 11.7. The Hall–Kier alpha value is -1.77. The van der Waals surface area contributed by atoms with Gasteiger partial charge in [-0.25, -0.2) is 4.79 Å². The molecule has 0 radical (unpaired) electrons. The second kappa shape index (κ2) is 15.3. The molecule has 152 valence electrons. The number of carbonyl (C=O) groups is 1. The van der Waals surface area contributed by atoms with Gasteiger partial charge in [-0.1, -0.05) is 100 Å². The molecule has 3 heteroatoms. The molecule has 1 aromatic rings. The van der Waals surface area contributed by atoms with Crippen molar-refractivity contribution in [3.05, 3.63) is 47.5 Å². The maximum atomic E-state index is 12.2. The van der Waals surface area contributed by atoms with Crippen LogP contribution in [0.3, 0.4) is 0 Å². The van der Waals surface area contributed by atoms with Crippen molar-refractivity contribution in [2.45, 2.75) is 97.6 Å². The third kappa shape index (κ3) is 13.1. The van der Waals surface area contributed by atoms with E-state index in [9.17, 15) is 4.79 Å². The van der Waals surface area contributed by atoms with Crippen LogP contribution in [0.15, 0.2) is 42.0 Å². The van der Waals surface area contributed by atoms with Gasteiger partial charge in [-0.2, -0.15) is 0 Å². The van der Waals surface area contributed by atoms with Crippen molar-refractivity contribution >= 4 is 6.09 Å². The molecular weight excluding hydrogens is 334 g/mol. The monoisotopic (exact) mass is 373 g/mol. The fourth-order valence-electron chi connectivity index (χ4n) is 3.08. The van der Waals surface area contributed by atoms with Crippen LogP contribution in [0.5, 0.6) is 0 Å². The Bertz CT molecular complexity index is 520. The number of carbonyl (C=O) groups excluding carboxylic acids is 1. The molecule has 1 atom stereocenters. The molecule has 0 fully saturated rings. The Balaban J connectivity index is 2.28. The quantitative estimate of drug-likeness (QED) is 0.277. The Morgan fingerprint density at radius 3 is 2.26 bits per heavy atom. The van der Waals surface area contributed by atoms with Crippen LogP contribution in [0.2, 0.25) is 0 Å². The molecule has 1 amide bonds. The number of benzene rings is 1. The number of nitrogens with one attached hydrogen (secondary N) is 1.